The second-order valence-electron chi connectivity index (χ2n) is 4.38. The second-order valence-corrected chi connectivity index (χ2v) is 4.38. The smallest absolute Gasteiger partial charge is 0.258 e. The normalized spacial score (nSPS) is 9.67. The lowest BCUT2D eigenvalue weighted by atomic mass is 10.1. The Labute approximate surface area is 122 Å². The molecule has 0 bridgehead atoms. The minimum absolute atomic E-state index is 0.205. The molecule has 0 heterocycles. The van der Waals surface area contributed by atoms with E-state index in [1.165, 1.54) is 17.0 Å². The van der Waals surface area contributed by atoms with Gasteiger partial charge in [-0.1, -0.05) is 17.9 Å². The molecule has 0 fully saturated rings. The quantitative estimate of drug-likeness (QED) is 0.860. The topological polar surface area (TPSA) is 40.5 Å². The standard InChI is InChI=1S/C17H14FNO2/c1-19(16-6-2-5-15(18)12-16)17(21)14-9-7-13(8-10-14)4-3-11-20/h2,5-10,12,20H,11H2,1H3. The lowest BCUT2D eigenvalue weighted by Crippen LogP contribution is -2.26. The zero-order valence-electron chi connectivity index (χ0n) is 11.5. The second kappa shape index (κ2) is 6.69. The van der Waals surface area contributed by atoms with Crippen LogP contribution < -0.4 is 4.90 Å². The van der Waals surface area contributed by atoms with Crippen LogP contribution in [0.5, 0.6) is 0 Å². The van der Waals surface area contributed by atoms with E-state index in [1.54, 1.807) is 43.4 Å². The van der Waals surface area contributed by atoms with Crippen LogP contribution in [0, 0.1) is 17.7 Å². The molecule has 3 nitrogen and oxygen atoms in total. The molecule has 0 radical (unpaired) electrons. The Hall–Kier alpha value is -2.64. The predicted molar refractivity (Wildman–Crippen MR) is 79.5 cm³/mol. The van der Waals surface area contributed by atoms with Gasteiger partial charge in [0.2, 0.25) is 0 Å². The highest BCUT2D eigenvalue weighted by Crippen LogP contribution is 2.17. The average Bonchev–Trinajstić information content (AvgIpc) is 2.52. The number of rotatable bonds is 2. The predicted octanol–water partition coefficient (Wildman–Crippen LogP) is 2.45. The number of hydrogen-bond acceptors (Lipinski definition) is 2. The van der Waals surface area contributed by atoms with E-state index in [-0.39, 0.29) is 18.3 Å². The molecule has 4 heteroatoms. The van der Waals surface area contributed by atoms with E-state index in [0.717, 1.165) is 0 Å². The van der Waals surface area contributed by atoms with Crippen molar-refractivity contribution in [2.45, 2.75) is 0 Å². The van der Waals surface area contributed by atoms with Gasteiger partial charge >= 0.3 is 0 Å². The summed E-state index contributed by atoms with van der Waals surface area (Å²) in [6, 6.07) is 12.6. The van der Waals surface area contributed by atoms with Crippen molar-refractivity contribution in [2.75, 3.05) is 18.6 Å². The third-order valence-electron chi connectivity index (χ3n) is 2.94. The lowest BCUT2D eigenvalue weighted by molar-refractivity contribution is 0.0993. The summed E-state index contributed by atoms with van der Waals surface area (Å²) in [5.41, 5.74) is 1.69. The van der Waals surface area contributed by atoms with Gasteiger partial charge in [0.15, 0.2) is 0 Å². The fraction of sp³-hybridized carbons (Fsp3) is 0.118. The largest absolute Gasteiger partial charge is 0.384 e. The summed E-state index contributed by atoms with van der Waals surface area (Å²) < 4.78 is 13.2. The first-order valence-corrected chi connectivity index (χ1v) is 6.35. The maximum atomic E-state index is 13.2. The number of benzene rings is 2. The van der Waals surface area contributed by atoms with Crippen molar-refractivity contribution in [2.24, 2.45) is 0 Å². The summed E-state index contributed by atoms with van der Waals surface area (Å²) in [4.78, 5) is 13.7. The van der Waals surface area contributed by atoms with Crippen molar-refractivity contribution in [1.82, 2.24) is 0 Å². The molecule has 0 saturated heterocycles. The van der Waals surface area contributed by atoms with E-state index in [0.29, 0.717) is 16.8 Å². The molecule has 0 spiro atoms. The van der Waals surface area contributed by atoms with E-state index in [4.69, 9.17) is 5.11 Å². The first kappa shape index (κ1) is 14.8. The van der Waals surface area contributed by atoms with Gasteiger partial charge in [-0.25, -0.2) is 4.39 Å². The van der Waals surface area contributed by atoms with Crippen molar-refractivity contribution >= 4 is 11.6 Å². The molecule has 2 aromatic rings. The van der Waals surface area contributed by atoms with Gasteiger partial charge in [-0.15, -0.1) is 0 Å². The van der Waals surface area contributed by atoms with Gasteiger partial charge in [-0.3, -0.25) is 4.79 Å². The third kappa shape index (κ3) is 3.68. The van der Waals surface area contributed by atoms with Gasteiger partial charge in [-0.05, 0) is 42.5 Å². The number of hydrogen-bond donors (Lipinski definition) is 1. The number of aliphatic hydroxyl groups excluding tert-OH is 1. The zero-order chi connectivity index (χ0) is 15.2. The number of amides is 1. The number of aliphatic hydroxyl groups is 1. The molecule has 21 heavy (non-hydrogen) atoms. The molecule has 0 aliphatic rings. The summed E-state index contributed by atoms with van der Waals surface area (Å²) in [5.74, 6) is 4.67. The van der Waals surface area contributed by atoms with E-state index in [2.05, 4.69) is 11.8 Å². The van der Waals surface area contributed by atoms with Crippen LogP contribution in [0.4, 0.5) is 10.1 Å². The maximum absolute atomic E-state index is 13.2. The molecule has 0 atom stereocenters. The molecule has 0 saturated carbocycles. The highest BCUT2D eigenvalue weighted by Gasteiger charge is 2.13. The van der Waals surface area contributed by atoms with Crippen molar-refractivity contribution < 1.29 is 14.3 Å². The Morgan fingerprint density at radius 3 is 2.57 bits per heavy atom. The molecule has 0 aromatic heterocycles. The number of nitrogens with zero attached hydrogens (tertiary/aromatic N) is 1. The summed E-state index contributed by atoms with van der Waals surface area (Å²) in [7, 11) is 1.59. The first-order chi connectivity index (χ1) is 10.1. The number of carbonyl (C=O) groups is 1. The first-order valence-electron chi connectivity index (χ1n) is 6.35. The minimum Gasteiger partial charge on any atom is -0.384 e. The van der Waals surface area contributed by atoms with E-state index >= 15 is 0 Å². The SMILES string of the molecule is CN(C(=O)c1ccc(C#CCO)cc1)c1cccc(F)c1. The Kier molecular flexibility index (Phi) is 4.70. The molecule has 1 amide bonds. The van der Waals surface area contributed by atoms with E-state index in [9.17, 15) is 9.18 Å². The molecule has 0 aliphatic heterocycles. The minimum atomic E-state index is -0.387. The highest BCUT2D eigenvalue weighted by atomic mass is 19.1. The average molecular weight is 283 g/mol. The van der Waals surface area contributed by atoms with Gasteiger partial charge in [-0.2, -0.15) is 0 Å². The van der Waals surface area contributed by atoms with Crippen LogP contribution in [-0.4, -0.2) is 24.7 Å². The lowest BCUT2D eigenvalue weighted by Gasteiger charge is -2.17. The molecule has 0 aliphatic carbocycles. The van der Waals surface area contributed by atoms with Crippen LogP contribution in [0.2, 0.25) is 0 Å². The summed E-state index contributed by atoms with van der Waals surface area (Å²) in [6.45, 7) is -0.205. The van der Waals surface area contributed by atoms with E-state index in [1.807, 2.05) is 0 Å². The van der Waals surface area contributed by atoms with Crippen LogP contribution in [0.3, 0.4) is 0 Å². The fourth-order valence-corrected chi connectivity index (χ4v) is 1.83. The molecule has 0 unspecified atom stereocenters. The van der Waals surface area contributed by atoms with Gasteiger partial charge < -0.3 is 10.0 Å². The van der Waals surface area contributed by atoms with Crippen LogP contribution in [-0.2, 0) is 0 Å². The third-order valence-corrected chi connectivity index (χ3v) is 2.94. The molecular formula is C17H14FNO2. The van der Waals surface area contributed by atoms with Crippen molar-refractivity contribution in [3.8, 4) is 11.8 Å². The highest BCUT2D eigenvalue weighted by molar-refractivity contribution is 6.05. The maximum Gasteiger partial charge on any atom is 0.258 e. The van der Waals surface area contributed by atoms with Gasteiger partial charge in [0, 0.05) is 23.9 Å². The number of anilines is 1. The fourth-order valence-electron chi connectivity index (χ4n) is 1.83. The van der Waals surface area contributed by atoms with Gasteiger partial charge in [0.25, 0.3) is 5.91 Å². The van der Waals surface area contributed by atoms with Crippen molar-refractivity contribution in [3.63, 3.8) is 0 Å². The van der Waals surface area contributed by atoms with Crippen molar-refractivity contribution in [3.05, 3.63) is 65.5 Å². The van der Waals surface area contributed by atoms with Crippen LogP contribution in [0.1, 0.15) is 15.9 Å². The van der Waals surface area contributed by atoms with Gasteiger partial charge in [0.05, 0.1) is 0 Å². The summed E-state index contributed by atoms with van der Waals surface area (Å²) in [6.07, 6.45) is 0. The molecule has 106 valence electrons. The molecule has 1 N–H and O–H groups in total. The molecular weight excluding hydrogens is 269 g/mol. The zero-order valence-corrected chi connectivity index (χ0v) is 11.5. The van der Waals surface area contributed by atoms with Gasteiger partial charge in [0.1, 0.15) is 12.4 Å². The number of carbonyl (C=O) groups excluding carboxylic acids is 1. The van der Waals surface area contributed by atoms with Crippen molar-refractivity contribution in [1.29, 1.82) is 0 Å². The Bertz CT molecular complexity index is 699. The Morgan fingerprint density at radius 2 is 1.95 bits per heavy atom. The monoisotopic (exact) mass is 283 g/mol. The Balaban J connectivity index is 2.19. The Morgan fingerprint density at radius 1 is 1.24 bits per heavy atom. The van der Waals surface area contributed by atoms with Crippen LogP contribution >= 0.6 is 0 Å². The summed E-state index contributed by atoms with van der Waals surface area (Å²) >= 11 is 0. The summed E-state index contributed by atoms with van der Waals surface area (Å²) in [5, 5.41) is 8.63. The number of halogens is 1. The van der Waals surface area contributed by atoms with Crippen LogP contribution in [0.15, 0.2) is 48.5 Å². The van der Waals surface area contributed by atoms with Crippen LogP contribution in [0.25, 0.3) is 0 Å². The molecule has 2 rings (SSSR count). The van der Waals surface area contributed by atoms with E-state index < -0.39 is 0 Å². The molecule has 2 aromatic carbocycles.